The molecule has 0 aliphatic rings. The fourth-order valence-electron chi connectivity index (χ4n) is 1.90. The average molecular weight is 274 g/mol. The molecule has 2 rings (SSSR count). The molecule has 20 heavy (non-hydrogen) atoms. The average Bonchev–Trinajstić information content (AvgIpc) is 2.46. The summed E-state index contributed by atoms with van der Waals surface area (Å²) in [6.45, 7) is 0. The van der Waals surface area contributed by atoms with Crippen LogP contribution < -0.4 is 9.47 Å². The molecule has 0 radical (unpaired) electrons. The minimum Gasteiger partial charge on any atom is -0.507 e. The first-order chi connectivity index (χ1) is 9.60. The molecule has 0 aliphatic heterocycles. The van der Waals surface area contributed by atoms with Gasteiger partial charge in [-0.1, -0.05) is 12.1 Å². The van der Waals surface area contributed by atoms with E-state index in [1.54, 1.807) is 12.1 Å². The Labute approximate surface area is 116 Å². The van der Waals surface area contributed by atoms with Gasteiger partial charge in [-0.3, -0.25) is 4.79 Å². The highest BCUT2D eigenvalue weighted by Crippen LogP contribution is 2.40. The van der Waals surface area contributed by atoms with Crippen LogP contribution in [0, 0.1) is 0 Å². The summed E-state index contributed by atoms with van der Waals surface area (Å²) < 4.78 is 10.1. The first-order valence-electron chi connectivity index (χ1n) is 5.86. The van der Waals surface area contributed by atoms with Gasteiger partial charge < -0.3 is 19.7 Å². The third-order valence-corrected chi connectivity index (χ3v) is 2.91. The molecule has 0 amide bonds. The normalized spacial score (nSPS) is 10.1. The molecule has 0 heterocycles. The van der Waals surface area contributed by atoms with Crippen LogP contribution in [0.15, 0.2) is 36.4 Å². The summed E-state index contributed by atoms with van der Waals surface area (Å²) in [4.78, 5) is 12.3. The molecule has 0 atom stereocenters. The Bertz CT molecular complexity index is 649. The lowest BCUT2D eigenvalue weighted by Crippen LogP contribution is -2.03. The molecule has 0 unspecified atom stereocenters. The molecule has 0 spiro atoms. The van der Waals surface area contributed by atoms with Crippen molar-refractivity contribution in [1.82, 2.24) is 0 Å². The monoisotopic (exact) mass is 274 g/mol. The number of methoxy groups -OCH3 is 2. The Kier molecular flexibility index (Phi) is 3.79. The van der Waals surface area contributed by atoms with E-state index in [0.29, 0.717) is 5.75 Å². The van der Waals surface area contributed by atoms with E-state index in [-0.39, 0.29) is 28.4 Å². The molecule has 2 aromatic carbocycles. The SMILES string of the molecule is COc1ccc(C(=O)c2ccccc2O)c(O)c1OC. The van der Waals surface area contributed by atoms with Crippen LogP contribution in [0.4, 0.5) is 0 Å². The van der Waals surface area contributed by atoms with Crippen LogP contribution in [0.5, 0.6) is 23.0 Å². The van der Waals surface area contributed by atoms with Gasteiger partial charge in [0.15, 0.2) is 11.5 Å². The molecule has 0 fully saturated rings. The smallest absolute Gasteiger partial charge is 0.203 e. The fourth-order valence-corrected chi connectivity index (χ4v) is 1.90. The van der Waals surface area contributed by atoms with Crippen LogP contribution in [0.2, 0.25) is 0 Å². The summed E-state index contributed by atoms with van der Waals surface area (Å²) in [7, 11) is 2.80. The highest BCUT2D eigenvalue weighted by atomic mass is 16.5. The van der Waals surface area contributed by atoms with E-state index in [4.69, 9.17) is 9.47 Å². The Morgan fingerprint density at radius 3 is 2.25 bits per heavy atom. The van der Waals surface area contributed by atoms with Crippen molar-refractivity contribution in [2.45, 2.75) is 0 Å². The molecule has 2 N–H and O–H groups in total. The van der Waals surface area contributed by atoms with Gasteiger partial charge in [-0.25, -0.2) is 0 Å². The van der Waals surface area contributed by atoms with Gasteiger partial charge in [0.2, 0.25) is 11.5 Å². The molecule has 104 valence electrons. The number of carbonyl (C=O) groups is 1. The summed E-state index contributed by atoms with van der Waals surface area (Å²) >= 11 is 0. The molecule has 0 aromatic heterocycles. The van der Waals surface area contributed by atoms with Gasteiger partial charge in [0.05, 0.1) is 25.3 Å². The Balaban J connectivity index is 2.54. The zero-order chi connectivity index (χ0) is 14.7. The van der Waals surface area contributed by atoms with Crippen molar-refractivity contribution < 1.29 is 24.5 Å². The number of phenols is 2. The number of rotatable bonds is 4. The maximum absolute atomic E-state index is 12.3. The maximum atomic E-state index is 12.3. The summed E-state index contributed by atoms with van der Waals surface area (Å²) in [6, 6.07) is 9.07. The number of ketones is 1. The lowest BCUT2D eigenvalue weighted by atomic mass is 10.0. The van der Waals surface area contributed by atoms with Crippen LogP contribution in [-0.4, -0.2) is 30.2 Å². The van der Waals surface area contributed by atoms with Crippen molar-refractivity contribution in [3.05, 3.63) is 47.5 Å². The van der Waals surface area contributed by atoms with Crippen molar-refractivity contribution >= 4 is 5.78 Å². The lowest BCUT2D eigenvalue weighted by Gasteiger charge is -2.12. The topological polar surface area (TPSA) is 76.0 Å². The third kappa shape index (κ3) is 2.25. The number of benzene rings is 2. The molecular formula is C15H14O5. The van der Waals surface area contributed by atoms with Gasteiger partial charge in [0, 0.05) is 0 Å². The van der Waals surface area contributed by atoms with Gasteiger partial charge in [0.25, 0.3) is 0 Å². The Morgan fingerprint density at radius 2 is 1.65 bits per heavy atom. The third-order valence-electron chi connectivity index (χ3n) is 2.91. The van der Waals surface area contributed by atoms with Crippen molar-refractivity contribution in [3.8, 4) is 23.0 Å². The van der Waals surface area contributed by atoms with Crippen molar-refractivity contribution in [2.75, 3.05) is 14.2 Å². The van der Waals surface area contributed by atoms with Gasteiger partial charge in [-0.2, -0.15) is 0 Å². The number of phenolic OH excluding ortho intramolecular Hbond substituents is 2. The van der Waals surface area contributed by atoms with E-state index >= 15 is 0 Å². The second-order valence-electron chi connectivity index (χ2n) is 4.04. The van der Waals surface area contributed by atoms with Crippen LogP contribution >= 0.6 is 0 Å². The van der Waals surface area contributed by atoms with Crippen LogP contribution in [0.1, 0.15) is 15.9 Å². The molecule has 0 aliphatic carbocycles. The predicted molar refractivity (Wildman–Crippen MR) is 72.8 cm³/mol. The van der Waals surface area contributed by atoms with Crippen LogP contribution in [0.25, 0.3) is 0 Å². The summed E-state index contributed by atoms with van der Waals surface area (Å²) in [6.07, 6.45) is 0. The van der Waals surface area contributed by atoms with Gasteiger partial charge in [0.1, 0.15) is 5.75 Å². The minimum atomic E-state index is -0.499. The van der Waals surface area contributed by atoms with E-state index in [0.717, 1.165) is 0 Å². The quantitative estimate of drug-likeness (QED) is 0.837. The first kappa shape index (κ1) is 13.7. The van der Waals surface area contributed by atoms with E-state index < -0.39 is 5.78 Å². The summed E-state index contributed by atoms with van der Waals surface area (Å²) in [5.41, 5.74) is 0.138. The molecule has 0 saturated heterocycles. The van der Waals surface area contributed by atoms with Crippen molar-refractivity contribution in [3.63, 3.8) is 0 Å². The number of aromatic hydroxyl groups is 2. The lowest BCUT2D eigenvalue weighted by molar-refractivity contribution is 0.103. The highest BCUT2D eigenvalue weighted by Gasteiger charge is 2.21. The molecule has 2 aromatic rings. The molecule has 5 heteroatoms. The van der Waals surface area contributed by atoms with Gasteiger partial charge in [-0.15, -0.1) is 0 Å². The standard InChI is InChI=1S/C15H14O5/c1-19-12-8-7-10(14(18)15(12)20-2)13(17)9-5-3-4-6-11(9)16/h3-8,16,18H,1-2H3. The van der Waals surface area contributed by atoms with Crippen molar-refractivity contribution in [1.29, 1.82) is 0 Å². The number of hydrogen-bond donors (Lipinski definition) is 2. The van der Waals surface area contributed by atoms with E-state index in [2.05, 4.69) is 0 Å². The molecular weight excluding hydrogens is 260 g/mol. The number of ether oxygens (including phenoxy) is 2. The van der Waals surface area contributed by atoms with E-state index in [1.165, 1.54) is 38.5 Å². The number of para-hydroxylation sites is 1. The Morgan fingerprint density at radius 1 is 0.950 bits per heavy atom. The predicted octanol–water partition coefficient (Wildman–Crippen LogP) is 2.35. The highest BCUT2D eigenvalue weighted by molar-refractivity contribution is 6.12. The fraction of sp³-hybridized carbons (Fsp3) is 0.133. The van der Waals surface area contributed by atoms with Crippen LogP contribution in [0.3, 0.4) is 0 Å². The zero-order valence-electron chi connectivity index (χ0n) is 11.1. The van der Waals surface area contributed by atoms with Crippen molar-refractivity contribution in [2.24, 2.45) is 0 Å². The zero-order valence-corrected chi connectivity index (χ0v) is 11.1. The first-order valence-corrected chi connectivity index (χ1v) is 5.86. The van der Waals surface area contributed by atoms with Gasteiger partial charge in [-0.05, 0) is 24.3 Å². The van der Waals surface area contributed by atoms with Crippen LogP contribution in [-0.2, 0) is 0 Å². The summed E-state index contributed by atoms with van der Waals surface area (Å²) in [5.74, 6) is -0.569. The second kappa shape index (κ2) is 5.52. The molecule has 0 bridgehead atoms. The maximum Gasteiger partial charge on any atom is 0.203 e. The Hall–Kier alpha value is -2.69. The van der Waals surface area contributed by atoms with Gasteiger partial charge >= 0.3 is 0 Å². The second-order valence-corrected chi connectivity index (χ2v) is 4.04. The van der Waals surface area contributed by atoms with E-state index in [9.17, 15) is 15.0 Å². The largest absolute Gasteiger partial charge is 0.507 e. The number of carbonyl (C=O) groups excluding carboxylic acids is 1. The minimum absolute atomic E-state index is 0.0316. The van der Waals surface area contributed by atoms with E-state index in [1.807, 2.05) is 0 Å². The molecule has 0 saturated carbocycles. The molecule has 5 nitrogen and oxygen atoms in total. The summed E-state index contributed by atoms with van der Waals surface area (Å²) in [5, 5.41) is 19.8. The number of hydrogen-bond acceptors (Lipinski definition) is 5.